The van der Waals surface area contributed by atoms with Crippen LogP contribution < -0.4 is 5.90 Å². The summed E-state index contributed by atoms with van der Waals surface area (Å²) in [7, 11) is 0. The van der Waals surface area contributed by atoms with Crippen molar-refractivity contribution in [2.75, 3.05) is 6.54 Å². The first-order valence-corrected chi connectivity index (χ1v) is 5.10. The molecule has 0 aromatic rings. The van der Waals surface area contributed by atoms with Crippen LogP contribution in [0.4, 0.5) is 0 Å². The summed E-state index contributed by atoms with van der Waals surface area (Å²) in [5.74, 6) is 5.09. The smallest absolute Gasteiger partial charge is 0.0771 e. The second-order valence-electron chi connectivity index (χ2n) is 4.16. The summed E-state index contributed by atoms with van der Waals surface area (Å²) in [6, 6.07) is 1.18. The molecule has 0 aliphatic heterocycles. The van der Waals surface area contributed by atoms with E-state index in [0.717, 1.165) is 13.0 Å². The van der Waals surface area contributed by atoms with E-state index in [1.54, 1.807) is 0 Å². The fourth-order valence-corrected chi connectivity index (χ4v) is 1.51. The van der Waals surface area contributed by atoms with Gasteiger partial charge in [-0.3, -0.25) is 4.90 Å². The van der Waals surface area contributed by atoms with Gasteiger partial charge in [-0.25, -0.2) is 5.90 Å². The van der Waals surface area contributed by atoms with Crippen molar-refractivity contribution >= 4 is 0 Å². The van der Waals surface area contributed by atoms with Gasteiger partial charge in [-0.05, 0) is 41.0 Å². The van der Waals surface area contributed by atoms with Crippen LogP contribution in [0.5, 0.6) is 0 Å². The van der Waals surface area contributed by atoms with Crippen molar-refractivity contribution in [3.05, 3.63) is 0 Å². The number of hydrogen-bond donors (Lipinski definition) is 1. The number of nitrogens with zero attached hydrogens (tertiary/aromatic N) is 1. The predicted octanol–water partition coefficient (Wildman–Crippen LogP) is 1.77. The maximum atomic E-state index is 5.09. The van der Waals surface area contributed by atoms with Crippen LogP contribution in [0.15, 0.2) is 0 Å². The molecule has 0 fully saturated rings. The second-order valence-corrected chi connectivity index (χ2v) is 4.16. The third-order valence-electron chi connectivity index (χ3n) is 2.35. The Balaban J connectivity index is 3.83. The SMILES string of the molecule is CC(CCN(C(C)C)C(C)C)ON. The molecular formula is C10H24N2O. The van der Waals surface area contributed by atoms with Crippen LogP contribution in [-0.4, -0.2) is 29.6 Å². The van der Waals surface area contributed by atoms with Crippen LogP contribution in [0.2, 0.25) is 0 Å². The highest BCUT2D eigenvalue weighted by Gasteiger charge is 2.13. The minimum atomic E-state index is 0.153. The molecule has 0 aromatic carbocycles. The minimum Gasteiger partial charge on any atom is -0.302 e. The molecule has 2 N–H and O–H groups in total. The highest BCUT2D eigenvalue weighted by molar-refractivity contribution is 4.68. The number of rotatable bonds is 6. The molecule has 0 aliphatic rings. The lowest BCUT2D eigenvalue weighted by atomic mass is 10.2. The van der Waals surface area contributed by atoms with Gasteiger partial charge in [0.1, 0.15) is 0 Å². The van der Waals surface area contributed by atoms with E-state index in [-0.39, 0.29) is 6.10 Å². The molecule has 13 heavy (non-hydrogen) atoms. The van der Waals surface area contributed by atoms with E-state index >= 15 is 0 Å². The molecule has 0 radical (unpaired) electrons. The van der Waals surface area contributed by atoms with E-state index in [1.807, 2.05) is 6.92 Å². The quantitative estimate of drug-likeness (QED) is 0.646. The third-order valence-corrected chi connectivity index (χ3v) is 2.35. The Labute approximate surface area is 82.2 Å². The lowest BCUT2D eigenvalue weighted by Crippen LogP contribution is -2.39. The molecule has 0 heterocycles. The molecule has 3 nitrogen and oxygen atoms in total. The molecule has 1 unspecified atom stereocenters. The zero-order valence-corrected chi connectivity index (χ0v) is 9.58. The van der Waals surface area contributed by atoms with Gasteiger partial charge in [-0.15, -0.1) is 0 Å². The fourth-order valence-electron chi connectivity index (χ4n) is 1.51. The average Bonchev–Trinajstić information content (AvgIpc) is 2.03. The third kappa shape index (κ3) is 5.24. The number of nitrogens with two attached hydrogens (primary N) is 1. The van der Waals surface area contributed by atoms with Gasteiger partial charge >= 0.3 is 0 Å². The molecule has 3 heteroatoms. The first-order valence-electron chi connectivity index (χ1n) is 5.10. The van der Waals surface area contributed by atoms with Crippen LogP contribution in [-0.2, 0) is 4.84 Å². The standard InChI is InChI=1S/C10H24N2O/c1-8(2)12(9(3)4)7-6-10(5)13-11/h8-10H,6-7,11H2,1-5H3. The lowest BCUT2D eigenvalue weighted by Gasteiger charge is -2.31. The van der Waals surface area contributed by atoms with Crippen LogP contribution in [0.1, 0.15) is 41.0 Å². The van der Waals surface area contributed by atoms with Gasteiger partial charge in [-0.2, -0.15) is 0 Å². The summed E-state index contributed by atoms with van der Waals surface area (Å²) in [5, 5.41) is 0. The summed E-state index contributed by atoms with van der Waals surface area (Å²) in [5.41, 5.74) is 0. The lowest BCUT2D eigenvalue weighted by molar-refractivity contribution is 0.0451. The first kappa shape index (κ1) is 12.9. The van der Waals surface area contributed by atoms with E-state index < -0.39 is 0 Å². The predicted molar refractivity (Wildman–Crippen MR) is 56.3 cm³/mol. The normalized spacial score (nSPS) is 14.5. The van der Waals surface area contributed by atoms with Crippen molar-refractivity contribution < 1.29 is 4.84 Å². The van der Waals surface area contributed by atoms with Gasteiger partial charge in [0, 0.05) is 18.6 Å². The van der Waals surface area contributed by atoms with Gasteiger partial charge in [0.05, 0.1) is 6.10 Å². The Morgan fingerprint density at radius 1 is 1.08 bits per heavy atom. The summed E-state index contributed by atoms with van der Waals surface area (Å²) in [4.78, 5) is 7.17. The zero-order chi connectivity index (χ0) is 10.4. The molecule has 80 valence electrons. The summed E-state index contributed by atoms with van der Waals surface area (Å²) >= 11 is 0. The van der Waals surface area contributed by atoms with Crippen LogP contribution >= 0.6 is 0 Å². The Bertz CT molecular complexity index is 118. The van der Waals surface area contributed by atoms with E-state index in [0.29, 0.717) is 12.1 Å². The van der Waals surface area contributed by atoms with E-state index in [2.05, 4.69) is 32.6 Å². The molecule has 0 spiro atoms. The summed E-state index contributed by atoms with van der Waals surface area (Å²) < 4.78 is 0. The molecule has 0 amide bonds. The highest BCUT2D eigenvalue weighted by atomic mass is 16.6. The van der Waals surface area contributed by atoms with Crippen molar-refractivity contribution in [3.63, 3.8) is 0 Å². The van der Waals surface area contributed by atoms with Crippen LogP contribution in [0.25, 0.3) is 0 Å². The van der Waals surface area contributed by atoms with Gasteiger partial charge < -0.3 is 4.84 Å². The van der Waals surface area contributed by atoms with E-state index in [9.17, 15) is 0 Å². The van der Waals surface area contributed by atoms with Crippen molar-refractivity contribution in [1.29, 1.82) is 0 Å². The molecule has 0 saturated heterocycles. The average molecular weight is 188 g/mol. The maximum Gasteiger partial charge on any atom is 0.0771 e. The van der Waals surface area contributed by atoms with Gasteiger partial charge in [0.25, 0.3) is 0 Å². The molecule has 0 saturated carbocycles. The van der Waals surface area contributed by atoms with Crippen molar-refractivity contribution in [2.45, 2.75) is 59.2 Å². The molecule has 0 rings (SSSR count). The van der Waals surface area contributed by atoms with Gasteiger partial charge in [0.2, 0.25) is 0 Å². The van der Waals surface area contributed by atoms with E-state index in [1.165, 1.54) is 0 Å². The topological polar surface area (TPSA) is 38.5 Å². The Morgan fingerprint density at radius 3 is 1.85 bits per heavy atom. The van der Waals surface area contributed by atoms with Crippen LogP contribution in [0, 0.1) is 0 Å². The molecule has 0 bridgehead atoms. The first-order chi connectivity index (χ1) is 5.99. The largest absolute Gasteiger partial charge is 0.302 e. The fraction of sp³-hybridized carbons (Fsp3) is 1.00. The second kappa shape index (κ2) is 6.35. The maximum absolute atomic E-state index is 5.09. The Hall–Kier alpha value is -0.120. The minimum absolute atomic E-state index is 0.153. The van der Waals surface area contributed by atoms with E-state index in [4.69, 9.17) is 10.7 Å². The van der Waals surface area contributed by atoms with Crippen molar-refractivity contribution in [1.82, 2.24) is 4.90 Å². The Morgan fingerprint density at radius 2 is 1.54 bits per heavy atom. The summed E-state index contributed by atoms with van der Waals surface area (Å²) in [6.07, 6.45) is 1.15. The zero-order valence-electron chi connectivity index (χ0n) is 9.58. The van der Waals surface area contributed by atoms with Crippen molar-refractivity contribution in [3.8, 4) is 0 Å². The molecular weight excluding hydrogens is 164 g/mol. The van der Waals surface area contributed by atoms with Crippen molar-refractivity contribution in [2.24, 2.45) is 5.90 Å². The Kier molecular flexibility index (Phi) is 6.29. The molecule has 1 atom stereocenters. The van der Waals surface area contributed by atoms with Gasteiger partial charge in [-0.1, -0.05) is 0 Å². The van der Waals surface area contributed by atoms with Crippen LogP contribution in [0.3, 0.4) is 0 Å². The summed E-state index contributed by atoms with van der Waals surface area (Å²) in [6.45, 7) is 11.9. The number of hydrogen-bond acceptors (Lipinski definition) is 3. The highest BCUT2D eigenvalue weighted by Crippen LogP contribution is 2.07. The van der Waals surface area contributed by atoms with Gasteiger partial charge in [0.15, 0.2) is 0 Å². The molecule has 0 aromatic heterocycles. The monoisotopic (exact) mass is 188 g/mol. The molecule has 0 aliphatic carbocycles.